The van der Waals surface area contributed by atoms with E-state index < -0.39 is 5.82 Å². The molecule has 3 amide bonds. The summed E-state index contributed by atoms with van der Waals surface area (Å²) in [6, 6.07) is 18.6. The van der Waals surface area contributed by atoms with Crippen LogP contribution in [0.3, 0.4) is 0 Å². The van der Waals surface area contributed by atoms with E-state index in [1.54, 1.807) is 11.0 Å². The van der Waals surface area contributed by atoms with Gasteiger partial charge in [-0.25, -0.2) is 14.2 Å². The largest absolute Gasteiger partial charge is 0.384 e. The van der Waals surface area contributed by atoms with E-state index in [-0.39, 0.29) is 23.8 Å². The van der Waals surface area contributed by atoms with Crippen LogP contribution in [0.1, 0.15) is 40.2 Å². The molecular weight excluding hydrogens is 509 g/mol. The molecule has 0 spiro atoms. The molecule has 1 saturated heterocycles. The maximum Gasteiger partial charge on any atom is 0.319 e. The topological polar surface area (TPSA) is 129 Å². The van der Waals surface area contributed by atoms with Crippen molar-refractivity contribution >= 4 is 34.5 Å². The Bertz CT molecular complexity index is 1560. The number of nitrogens with one attached hydrogen (secondary N) is 3. The first kappa shape index (κ1) is 26.9. The summed E-state index contributed by atoms with van der Waals surface area (Å²) >= 11 is 0. The Kier molecular flexibility index (Phi) is 7.77. The molecule has 1 aliphatic heterocycles. The monoisotopic (exact) mass is 541 g/mol. The summed E-state index contributed by atoms with van der Waals surface area (Å²) in [6.07, 6.45) is 2.79. The molecule has 0 unspecified atom stereocenters. The number of nitrogens with two attached hydrogens (primary N) is 1. The molecule has 10 heteroatoms. The van der Waals surface area contributed by atoms with Crippen LogP contribution in [-0.4, -0.2) is 51.4 Å². The molecule has 0 radical (unpaired) electrons. The number of fused-ring (bicyclic) bond motifs is 1. The van der Waals surface area contributed by atoms with E-state index in [9.17, 15) is 14.0 Å². The number of rotatable bonds is 7. The molecule has 2 heterocycles. The van der Waals surface area contributed by atoms with Crippen molar-refractivity contribution < 1.29 is 14.0 Å². The van der Waals surface area contributed by atoms with E-state index in [1.165, 1.54) is 18.2 Å². The van der Waals surface area contributed by atoms with Crippen molar-refractivity contribution in [3.8, 4) is 0 Å². The van der Waals surface area contributed by atoms with Gasteiger partial charge < -0.3 is 25.8 Å². The zero-order valence-electron chi connectivity index (χ0n) is 22.3. The summed E-state index contributed by atoms with van der Waals surface area (Å²) in [5.74, 6) is 0.515. The Morgan fingerprint density at radius 2 is 1.75 bits per heavy atom. The quantitative estimate of drug-likeness (QED) is 0.206. The number of nitrogens with zero attached hydrogens (tertiary/aromatic N) is 3. The number of amidine groups is 1. The van der Waals surface area contributed by atoms with Crippen LogP contribution in [0.2, 0.25) is 0 Å². The minimum atomic E-state index is -0.415. The van der Waals surface area contributed by atoms with Crippen LogP contribution < -0.4 is 16.4 Å². The Hall–Kier alpha value is -4.73. The van der Waals surface area contributed by atoms with Gasteiger partial charge in [0.25, 0.3) is 5.91 Å². The van der Waals surface area contributed by atoms with Crippen molar-refractivity contribution in [2.75, 3.05) is 18.4 Å². The third kappa shape index (κ3) is 6.12. The van der Waals surface area contributed by atoms with Gasteiger partial charge in [0.05, 0.1) is 11.0 Å². The molecule has 0 saturated carbocycles. The van der Waals surface area contributed by atoms with Gasteiger partial charge in [0.15, 0.2) is 0 Å². The lowest BCUT2D eigenvalue weighted by Gasteiger charge is -2.32. The fourth-order valence-corrected chi connectivity index (χ4v) is 5.04. The third-order valence-corrected chi connectivity index (χ3v) is 7.32. The number of carbonyl (C=O) groups excluding carboxylic acids is 2. The fourth-order valence-electron chi connectivity index (χ4n) is 5.04. The Morgan fingerprint density at radius 1 is 1.02 bits per heavy atom. The Morgan fingerprint density at radius 3 is 2.45 bits per heavy atom. The highest BCUT2D eigenvalue weighted by atomic mass is 19.1. The van der Waals surface area contributed by atoms with Crippen molar-refractivity contribution in [2.24, 2.45) is 12.8 Å². The predicted molar refractivity (Wildman–Crippen MR) is 153 cm³/mol. The highest BCUT2D eigenvalue weighted by Gasteiger charge is 2.25. The minimum Gasteiger partial charge on any atom is -0.384 e. The van der Waals surface area contributed by atoms with Gasteiger partial charge in [-0.3, -0.25) is 10.2 Å². The highest BCUT2D eigenvalue weighted by molar-refractivity contribution is 5.97. The number of hydrogen-bond acceptors (Lipinski definition) is 4. The van der Waals surface area contributed by atoms with Crippen molar-refractivity contribution in [2.45, 2.75) is 31.7 Å². The third-order valence-electron chi connectivity index (χ3n) is 7.32. The maximum absolute atomic E-state index is 13.3. The first-order valence-corrected chi connectivity index (χ1v) is 13.3. The SMILES string of the molecule is Cn1c(CCc2ccc(C(=N)N)cc2)nc2cc(C(=O)N3CCC(NC(=O)Nc4cccc(F)c4)CC3)ccc21. The average Bonchev–Trinajstić information content (AvgIpc) is 3.26. The van der Waals surface area contributed by atoms with Gasteiger partial charge in [0, 0.05) is 49.4 Å². The number of aryl methyl sites for hydroxylation is 3. The minimum absolute atomic E-state index is 0.0534. The zero-order chi connectivity index (χ0) is 28.2. The number of imidazole rings is 1. The second-order valence-corrected chi connectivity index (χ2v) is 10.1. The van der Waals surface area contributed by atoms with E-state index >= 15 is 0 Å². The zero-order valence-corrected chi connectivity index (χ0v) is 22.3. The van der Waals surface area contributed by atoms with Crippen molar-refractivity contribution in [3.05, 3.63) is 95.1 Å². The normalized spacial score (nSPS) is 13.8. The number of benzene rings is 3. The van der Waals surface area contributed by atoms with Gasteiger partial charge in [0.1, 0.15) is 17.5 Å². The summed E-state index contributed by atoms with van der Waals surface area (Å²) in [4.78, 5) is 32.2. The highest BCUT2D eigenvalue weighted by Crippen LogP contribution is 2.21. The van der Waals surface area contributed by atoms with Crippen LogP contribution in [0.25, 0.3) is 11.0 Å². The summed E-state index contributed by atoms with van der Waals surface area (Å²) in [6.45, 7) is 1.05. The molecule has 0 atom stereocenters. The number of halogens is 1. The first-order valence-electron chi connectivity index (χ1n) is 13.3. The van der Waals surface area contributed by atoms with E-state index in [2.05, 4.69) is 15.2 Å². The van der Waals surface area contributed by atoms with Crippen LogP contribution in [0, 0.1) is 11.2 Å². The molecule has 9 nitrogen and oxygen atoms in total. The predicted octanol–water partition coefficient (Wildman–Crippen LogP) is 4.21. The molecule has 5 rings (SSSR count). The number of amides is 3. The summed E-state index contributed by atoms with van der Waals surface area (Å²) in [5.41, 5.74) is 10.1. The average molecular weight is 542 g/mol. The number of hydrogen-bond donors (Lipinski definition) is 4. The number of aromatic nitrogens is 2. The van der Waals surface area contributed by atoms with Gasteiger partial charge in [-0.2, -0.15) is 0 Å². The number of carbonyl (C=O) groups is 2. The number of urea groups is 1. The molecule has 4 aromatic rings. The Labute approximate surface area is 231 Å². The molecule has 1 aromatic heterocycles. The van der Waals surface area contributed by atoms with Crippen LogP contribution in [0.15, 0.2) is 66.7 Å². The standard InChI is InChI=1S/C30H32FN7O2/c1-37-26-11-10-21(17-25(26)36-27(37)12-7-19-5-8-20(9-6-19)28(32)33)29(39)38-15-13-23(14-16-38)34-30(40)35-24-4-2-3-22(31)18-24/h2-6,8-11,17-18,23H,7,12-16H2,1H3,(H3,32,33)(H2,34,35,40). The summed E-state index contributed by atoms with van der Waals surface area (Å²) in [7, 11) is 1.98. The number of likely N-dealkylation sites (tertiary alicyclic amines) is 1. The van der Waals surface area contributed by atoms with Crippen LogP contribution in [-0.2, 0) is 19.9 Å². The second kappa shape index (κ2) is 11.6. The molecule has 0 aliphatic carbocycles. The molecule has 3 aromatic carbocycles. The van der Waals surface area contributed by atoms with Crippen molar-refractivity contribution in [1.82, 2.24) is 19.8 Å². The lowest BCUT2D eigenvalue weighted by Crippen LogP contribution is -2.47. The number of anilines is 1. The molecule has 1 aliphatic rings. The lowest BCUT2D eigenvalue weighted by molar-refractivity contribution is 0.0709. The van der Waals surface area contributed by atoms with E-state index in [1.807, 2.05) is 49.5 Å². The molecule has 5 N–H and O–H groups in total. The van der Waals surface area contributed by atoms with E-state index in [0.717, 1.165) is 35.3 Å². The molecule has 40 heavy (non-hydrogen) atoms. The van der Waals surface area contributed by atoms with Gasteiger partial charge in [-0.1, -0.05) is 30.3 Å². The molecule has 0 bridgehead atoms. The fraction of sp³-hybridized carbons (Fsp3) is 0.267. The second-order valence-electron chi connectivity index (χ2n) is 10.1. The van der Waals surface area contributed by atoms with Crippen LogP contribution in [0.4, 0.5) is 14.9 Å². The smallest absolute Gasteiger partial charge is 0.319 e. The van der Waals surface area contributed by atoms with Gasteiger partial charge >= 0.3 is 6.03 Å². The number of piperidine rings is 1. The van der Waals surface area contributed by atoms with Gasteiger partial charge in [0.2, 0.25) is 0 Å². The lowest BCUT2D eigenvalue weighted by atomic mass is 10.0. The van der Waals surface area contributed by atoms with Crippen LogP contribution >= 0.6 is 0 Å². The van der Waals surface area contributed by atoms with E-state index in [4.69, 9.17) is 16.1 Å². The van der Waals surface area contributed by atoms with Crippen molar-refractivity contribution in [1.29, 1.82) is 5.41 Å². The first-order chi connectivity index (χ1) is 19.3. The van der Waals surface area contributed by atoms with Crippen LogP contribution in [0.5, 0.6) is 0 Å². The molecule has 206 valence electrons. The summed E-state index contributed by atoms with van der Waals surface area (Å²) < 4.78 is 15.4. The maximum atomic E-state index is 13.3. The van der Waals surface area contributed by atoms with Gasteiger partial charge in [-0.05, 0) is 61.2 Å². The molecule has 1 fully saturated rings. The van der Waals surface area contributed by atoms with Gasteiger partial charge in [-0.15, -0.1) is 0 Å². The summed E-state index contributed by atoms with van der Waals surface area (Å²) in [5, 5.41) is 13.1. The van der Waals surface area contributed by atoms with E-state index in [0.29, 0.717) is 42.7 Å². The number of nitrogen functional groups attached to an aromatic ring is 1. The Balaban J connectivity index is 1.16. The molecular formula is C30H32FN7O2. The van der Waals surface area contributed by atoms with Crippen molar-refractivity contribution in [3.63, 3.8) is 0 Å².